The first-order chi connectivity index (χ1) is 21.6. The summed E-state index contributed by atoms with van der Waals surface area (Å²) in [5.41, 5.74) is 0.932. The van der Waals surface area contributed by atoms with Gasteiger partial charge in [0.15, 0.2) is 23.1 Å². The van der Waals surface area contributed by atoms with Gasteiger partial charge in [-0.05, 0) is 41.8 Å². The molecule has 0 saturated carbocycles. The highest BCUT2D eigenvalue weighted by molar-refractivity contribution is 7.89. The number of ether oxygens (including phenoxy) is 4. The standard InChI is InChI=1S/C29H34F6N2O8S/c1-3-8-37(46(40,41)12-11-43-16-28(31,32)29(33,34)35)10-9-36-15-20(18-4-7-23-24(14-18)45-17-44-23)25(27(38)39)26(36)19-5-6-22(42-2)21(30)13-19/h4-7,13-14,20,25-26H,3,8-12,15-17H2,1-2H3,(H,38,39)/t20-,25+,26-/m1/s1. The molecule has 0 radical (unpaired) electrons. The number of hydrogen-bond acceptors (Lipinski definition) is 8. The zero-order valence-electron chi connectivity index (χ0n) is 24.9. The number of aliphatic carboxylic acids is 1. The molecule has 0 unspecified atom stereocenters. The van der Waals surface area contributed by atoms with Gasteiger partial charge in [0.2, 0.25) is 16.8 Å². The molecular weight excluding hydrogens is 650 g/mol. The van der Waals surface area contributed by atoms with E-state index >= 15 is 0 Å². The van der Waals surface area contributed by atoms with Crippen LogP contribution in [0.3, 0.4) is 0 Å². The van der Waals surface area contributed by atoms with Crippen LogP contribution < -0.4 is 14.2 Å². The Morgan fingerprint density at radius 1 is 1.07 bits per heavy atom. The number of carboxylic acids is 1. The Morgan fingerprint density at radius 2 is 1.76 bits per heavy atom. The fraction of sp³-hybridized carbons (Fsp3) is 0.552. The van der Waals surface area contributed by atoms with Crippen LogP contribution in [-0.4, -0.2) is 99.8 Å². The van der Waals surface area contributed by atoms with Gasteiger partial charge in [0.1, 0.15) is 6.61 Å². The van der Waals surface area contributed by atoms with Gasteiger partial charge < -0.3 is 24.1 Å². The summed E-state index contributed by atoms with van der Waals surface area (Å²) in [5, 5.41) is 10.4. The van der Waals surface area contributed by atoms with Gasteiger partial charge in [-0.25, -0.2) is 17.1 Å². The average molecular weight is 685 g/mol. The molecule has 4 rings (SSSR count). The highest BCUT2D eigenvalue weighted by atomic mass is 32.2. The zero-order valence-corrected chi connectivity index (χ0v) is 25.8. The lowest BCUT2D eigenvalue weighted by Gasteiger charge is -2.30. The first kappa shape index (κ1) is 35.6. The Balaban J connectivity index is 1.57. The largest absolute Gasteiger partial charge is 0.494 e. The summed E-state index contributed by atoms with van der Waals surface area (Å²) in [6.07, 6.45) is -5.50. The van der Waals surface area contributed by atoms with E-state index in [4.69, 9.17) is 14.2 Å². The number of hydrogen-bond donors (Lipinski definition) is 1. The third kappa shape index (κ3) is 7.81. The molecule has 10 nitrogen and oxygen atoms in total. The number of rotatable bonds is 15. The van der Waals surface area contributed by atoms with E-state index in [1.54, 1.807) is 30.0 Å². The number of methoxy groups -OCH3 is 1. The van der Waals surface area contributed by atoms with Crippen LogP contribution in [0.15, 0.2) is 36.4 Å². The summed E-state index contributed by atoms with van der Waals surface area (Å²) in [4.78, 5) is 14.5. The van der Waals surface area contributed by atoms with E-state index < -0.39 is 70.8 Å². The minimum atomic E-state index is -5.84. The number of nitrogens with zero attached hydrogens (tertiary/aromatic N) is 2. The molecule has 3 atom stereocenters. The second kappa shape index (κ2) is 14.2. The predicted molar refractivity (Wildman–Crippen MR) is 151 cm³/mol. The normalized spacial score (nSPS) is 20.4. The predicted octanol–water partition coefficient (Wildman–Crippen LogP) is 4.66. The molecule has 256 valence electrons. The first-order valence-electron chi connectivity index (χ1n) is 14.3. The van der Waals surface area contributed by atoms with Gasteiger partial charge in [-0.2, -0.15) is 22.0 Å². The van der Waals surface area contributed by atoms with Crippen molar-refractivity contribution in [3.05, 3.63) is 53.3 Å². The summed E-state index contributed by atoms with van der Waals surface area (Å²) < 4.78 is 126. The van der Waals surface area contributed by atoms with E-state index in [1.807, 2.05) is 0 Å². The maximum atomic E-state index is 14.9. The average Bonchev–Trinajstić information content (AvgIpc) is 3.61. The van der Waals surface area contributed by atoms with Crippen LogP contribution in [0.5, 0.6) is 17.2 Å². The Hall–Kier alpha value is -3.28. The lowest BCUT2D eigenvalue weighted by atomic mass is 9.82. The van der Waals surface area contributed by atoms with Crippen LogP contribution in [0.1, 0.15) is 36.4 Å². The van der Waals surface area contributed by atoms with E-state index in [2.05, 4.69) is 4.74 Å². The topological polar surface area (TPSA) is 115 Å². The number of likely N-dealkylation sites (tertiary alicyclic amines) is 1. The fourth-order valence-corrected chi connectivity index (χ4v) is 7.07. The monoisotopic (exact) mass is 684 g/mol. The Labute approximate surface area is 261 Å². The van der Waals surface area contributed by atoms with Gasteiger partial charge in [0, 0.05) is 38.1 Å². The third-order valence-corrected chi connectivity index (χ3v) is 9.75. The molecule has 0 aromatic heterocycles. The molecule has 2 aliphatic rings. The van der Waals surface area contributed by atoms with Crippen LogP contribution in [0.4, 0.5) is 26.3 Å². The number of carbonyl (C=O) groups is 1. The molecule has 1 saturated heterocycles. The fourth-order valence-electron chi connectivity index (χ4n) is 5.66. The lowest BCUT2D eigenvalue weighted by molar-refractivity contribution is -0.296. The smallest absolute Gasteiger partial charge is 0.455 e. The van der Waals surface area contributed by atoms with Crippen molar-refractivity contribution in [1.82, 2.24) is 9.21 Å². The maximum absolute atomic E-state index is 14.9. The zero-order chi connectivity index (χ0) is 33.9. The van der Waals surface area contributed by atoms with Crippen molar-refractivity contribution >= 4 is 16.0 Å². The highest BCUT2D eigenvalue weighted by Crippen LogP contribution is 2.48. The number of alkyl halides is 5. The second-order valence-electron chi connectivity index (χ2n) is 10.9. The Kier molecular flexibility index (Phi) is 11.0. The number of sulfonamides is 1. The van der Waals surface area contributed by atoms with Crippen LogP contribution in [-0.2, 0) is 19.6 Å². The first-order valence-corrected chi connectivity index (χ1v) is 15.9. The van der Waals surface area contributed by atoms with Crippen LogP contribution in [0, 0.1) is 11.7 Å². The van der Waals surface area contributed by atoms with E-state index in [0.717, 1.165) is 4.31 Å². The minimum Gasteiger partial charge on any atom is -0.494 e. The Bertz CT molecular complexity index is 1490. The molecule has 2 aromatic carbocycles. The van der Waals surface area contributed by atoms with Crippen LogP contribution >= 0.6 is 0 Å². The second-order valence-corrected chi connectivity index (χ2v) is 13.0. The number of carboxylic acid groups (broad SMARTS) is 1. The van der Waals surface area contributed by atoms with Gasteiger partial charge in [0.25, 0.3) is 0 Å². The van der Waals surface area contributed by atoms with Crippen molar-refractivity contribution in [3.63, 3.8) is 0 Å². The summed E-state index contributed by atoms with van der Waals surface area (Å²) >= 11 is 0. The molecule has 2 aliphatic heterocycles. The molecule has 2 aromatic rings. The summed E-state index contributed by atoms with van der Waals surface area (Å²) in [5.74, 6) is -8.75. The van der Waals surface area contributed by atoms with Gasteiger partial charge >= 0.3 is 18.1 Å². The molecular formula is C29H34F6N2O8S. The van der Waals surface area contributed by atoms with E-state index in [9.17, 15) is 44.7 Å². The molecule has 0 spiro atoms. The third-order valence-electron chi connectivity index (χ3n) is 7.91. The minimum absolute atomic E-state index is 0.00320. The quantitative estimate of drug-likeness (QED) is 0.211. The highest BCUT2D eigenvalue weighted by Gasteiger charge is 2.57. The van der Waals surface area contributed by atoms with E-state index in [1.165, 1.54) is 25.3 Å². The summed E-state index contributed by atoms with van der Waals surface area (Å²) in [6, 6.07) is 8.20. The van der Waals surface area contributed by atoms with Gasteiger partial charge in [0.05, 0.1) is 25.4 Å². The van der Waals surface area contributed by atoms with Crippen molar-refractivity contribution in [2.45, 2.75) is 37.4 Å². The summed E-state index contributed by atoms with van der Waals surface area (Å²) in [7, 11) is -2.91. The molecule has 17 heteroatoms. The van der Waals surface area contributed by atoms with Crippen molar-refractivity contribution in [2.75, 3.05) is 59.0 Å². The van der Waals surface area contributed by atoms with Gasteiger partial charge in [-0.3, -0.25) is 9.69 Å². The molecule has 0 bridgehead atoms. The van der Waals surface area contributed by atoms with Crippen LogP contribution in [0.2, 0.25) is 0 Å². The SMILES string of the molecule is CCCN(CCN1C[C@H](c2ccc3c(c2)OCO3)[C@H](C(=O)O)[C@H]1c1ccc(OC)c(F)c1)S(=O)(=O)CCOCC(F)(F)C(F)(F)F. The van der Waals surface area contributed by atoms with Crippen molar-refractivity contribution in [2.24, 2.45) is 5.92 Å². The Morgan fingerprint density at radius 3 is 2.39 bits per heavy atom. The number of fused-ring (bicyclic) bond motifs is 1. The molecule has 0 amide bonds. The van der Waals surface area contributed by atoms with E-state index in [-0.39, 0.29) is 38.7 Å². The van der Waals surface area contributed by atoms with E-state index in [0.29, 0.717) is 29.0 Å². The van der Waals surface area contributed by atoms with Crippen molar-refractivity contribution < 1.29 is 63.6 Å². The molecule has 46 heavy (non-hydrogen) atoms. The van der Waals surface area contributed by atoms with Gasteiger partial charge in [-0.15, -0.1) is 0 Å². The molecule has 0 aliphatic carbocycles. The summed E-state index contributed by atoms with van der Waals surface area (Å²) in [6.45, 7) is -1.31. The lowest BCUT2D eigenvalue weighted by Crippen LogP contribution is -2.43. The molecule has 1 N–H and O–H groups in total. The van der Waals surface area contributed by atoms with Crippen LogP contribution in [0.25, 0.3) is 0 Å². The van der Waals surface area contributed by atoms with Crippen molar-refractivity contribution in [3.8, 4) is 17.2 Å². The maximum Gasteiger partial charge on any atom is 0.455 e. The molecule has 1 fully saturated rings. The number of benzene rings is 2. The van der Waals surface area contributed by atoms with Crippen molar-refractivity contribution in [1.29, 1.82) is 0 Å². The number of halogens is 6. The molecule has 2 heterocycles. The van der Waals surface area contributed by atoms with Gasteiger partial charge in [-0.1, -0.05) is 19.1 Å².